The molecular formula is C26H29ClN6O2. The number of piperazine rings is 1. The van der Waals surface area contributed by atoms with E-state index in [2.05, 4.69) is 31.7 Å². The number of anilines is 1. The molecule has 3 N–H and O–H groups in total. The summed E-state index contributed by atoms with van der Waals surface area (Å²) >= 11 is 6.22. The van der Waals surface area contributed by atoms with Gasteiger partial charge in [0.1, 0.15) is 18.4 Å². The Bertz CT molecular complexity index is 1370. The minimum atomic E-state index is -0.297. The van der Waals surface area contributed by atoms with Crippen molar-refractivity contribution in [2.24, 2.45) is 0 Å². The number of hydrogen-bond acceptors (Lipinski definition) is 7. The van der Waals surface area contributed by atoms with E-state index in [9.17, 15) is 4.79 Å². The van der Waals surface area contributed by atoms with Crippen LogP contribution in [0.1, 0.15) is 16.8 Å². The second-order valence-electron chi connectivity index (χ2n) is 9.12. The number of nitrogen functional groups attached to an aromatic ring is 1. The second-order valence-corrected chi connectivity index (χ2v) is 9.56. The van der Waals surface area contributed by atoms with E-state index in [-0.39, 0.29) is 12.1 Å². The summed E-state index contributed by atoms with van der Waals surface area (Å²) in [5.41, 5.74) is 11.2. The fourth-order valence-corrected chi connectivity index (χ4v) is 5.31. The number of hydrogen-bond donors (Lipinski definition) is 2. The van der Waals surface area contributed by atoms with Gasteiger partial charge in [-0.1, -0.05) is 17.7 Å². The number of nitrogens with zero attached hydrogens (tertiary/aromatic N) is 4. The predicted molar refractivity (Wildman–Crippen MR) is 138 cm³/mol. The largest absolute Gasteiger partial charge is 0.383 e. The minimum absolute atomic E-state index is 0.0703. The molecule has 1 aliphatic heterocycles. The Kier molecular flexibility index (Phi) is 6.71. The number of rotatable bonds is 7. The van der Waals surface area contributed by atoms with Crippen LogP contribution in [0.3, 0.4) is 0 Å². The molecule has 1 fully saturated rings. The van der Waals surface area contributed by atoms with Gasteiger partial charge in [0.05, 0.1) is 24.2 Å². The van der Waals surface area contributed by atoms with Crippen molar-refractivity contribution in [3.63, 3.8) is 0 Å². The number of benzene rings is 2. The zero-order chi connectivity index (χ0) is 24.5. The Morgan fingerprint density at radius 1 is 1.14 bits per heavy atom. The number of aromatic nitrogens is 3. The maximum atomic E-state index is 12.4. The first-order chi connectivity index (χ1) is 17.0. The highest BCUT2D eigenvalue weighted by molar-refractivity contribution is 6.31. The monoisotopic (exact) mass is 492 g/mol. The third kappa shape index (κ3) is 4.62. The molecular weight excluding hydrogens is 464 g/mol. The third-order valence-electron chi connectivity index (χ3n) is 7.04. The van der Waals surface area contributed by atoms with E-state index in [1.165, 1.54) is 11.9 Å². The molecule has 182 valence electrons. The van der Waals surface area contributed by atoms with E-state index < -0.39 is 0 Å². The molecule has 2 aromatic carbocycles. The molecule has 5 rings (SSSR count). The summed E-state index contributed by atoms with van der Waals surface area (Å²) in [5.74, 6) is 0.468. The lowest BCUT2D eigenvalue weighted by Gasteiger charge is -2.45. The molecule has 3 heterocycles. The molecule has 1 unspecified atom stereocenters. The van der Waals surface area contributed by atoms with Gasteiger partial charge in [-0.25, -0.2) is 9.97 Å². The van der Waals surface area contributed by atoms with E-state index in [4.69, 9.17) is 22.1 Å². The minimum Gasteiger partial charge on any atom is -0.383 e. The van der Waals surface area contributed by atoms with Crippen LogP contribution in [0.25, 0.3) is 21.8 Å². The molecule has 2 aromatic heterocycles. The Hall–Kier alpha value is -3.04. The average Bonchev–Trinajstić information content (AvgIpc) is 3.15. The first-order valence-electron chi connectivity index (χ1n) is 11.7. The van der Waals surface area contributed by atoms with Crippen molar-refractivity contribution in [2.45, 2.75) is 32.1 Å². The summed E-state index contributed by atoms with van der Waals surface area (Å²) < 4.78 is 5.57. The molecule has 1 aliphatic rings. The van der Waals surface area contributed by atoms with Gasteiger partial charge >= 0.3 is 0 Å². The van der Waals surface area contributed by atoms with E-state index in [0.717, 1.165) is 57.5 Å². The van der Waals surface area contributed by atoms with Crippen molar-refractivity contribution in [1.29, 1.82) is 0 Å². The van der Waals surface area contributed by atoms with E-state index in [1.54, 1.807) is 7.11 Å². The number of methoxy groups -OCH3 is 1. The topological polar surface area (TPSA) is 100 Å². The normalized spacial score (nSPS) is 19.5. The molecule has 2 atom stereocenters. The van der Waals surface area contributed by atoms with Crippen molar-refractivity contribution in [2.75, 3.05) is 32.5 Å². The summed E-state index contributed by atoms with van der Waals surface area (Å²) in [4.78, 5) is 28.9. The smallest absolute Gasteiger partial charge is 0.138 e. The molecule has 1 saturated heterocycles. The van der Waals surface area contributed by atoms with Gasteiger partial charge in [0.15, 0.2) is 0 Å². The van der Waals surface area contributed by atoms with Crippen molar-refractivity contribution in [1.82, 2.24) is 24.8 Å². The SMILES string of the molecule is COC[C@@H]1C(C=O)N(Cc2ccc3c(N)ncnc3c2)CCN1Cc1[nH]c2ccc(Cl)cc2c1C. The molecule has 4 aromatic rings. The van der Waals surface area contributed by atoms with Gasteiger partial charge in [0, 0.05) is 60.3 Å². The number of aromatic amines is 1. The molecule has 0 bridgehead atoms. The Balaban J connectivity index is 1.38. The van der Waals surface area contributed by atoms with Crippen molar-refractivity contribution >= 4 is 45.5 Å². The van der Waals surface area contributed by atoms with Gasteiger partial charge in [-0.2, -0.15) is 0 Å². The zero-order valence-corrected chi connectivity index (χ0v) is 20.6. The van der Waals surface area contributed by atoms with Crippen LogP contribution in [-0.2, 0) is 22.6 Å². The summed E-state index contributed by atoms with van der Waals surface area (Å²) in [6, 6.07) is 11.5. The van der Waals surface area contributed by atoms with Crippen molar-refractivity contribution < 1.29 is 9.53 Å². The number of ether oxygens (including phenoxy) is 1. The number of fused-ring (bicyclic) bond motifs is 2. The summed E-state index contributed by atoms with van der Waals surface area (Å²) in [5, 5.41) is 2.68. The number of H-pyrrole nitrogens is 1. The second kappa shape index (κ2) is 9.91. The van der Waals surface area contributed by atoms with Gasteiger partial charge in [0.2, 0.25) is 0 Å². The number of nitrogens with one attached hydrogen (secondary N) is 1. The van der Waals surface area contributed by atoms with Crippen LogP contribution in [0, 0.1) is 6.92 Å². The van der Waals surface area contributed by atoms with Crippen molar-refractivity contribution in [3.05, 3.63) is 64.6 Å². The summed E-state index contributed by atoms with van der Waals surface area (Å²) in [7, 11) is 1.68. The van der Waals surface area contributed by atoms with E-state index >= 15 is 0 Å². The molecule has 0 amide bonds. The molecule has 0 aliphatic carbocycles. The van der Waals surface area contributed by atoms with Gasteiger partial charge < -0.3 is 20.2 Å². The number of aryl methyl sites for hydroxylation is 1. The van der Waals surface area contributed by atoms with Crippen LogP contribution in [0.5, 0.6) is 0 Å². The number of nitrogens with two attached hydrogens (primary N) is 1. The number of carbonyl (C=O) groups excluding carboxylic acids is 1. The lowest BCUT2D eigenvalue weighted by molar-refractivity contribution is -0.120. The van der Waals surface area contributed by atoms with Gasteiger partial charge in [0.25, 0.3) is 0 Å². The summed E-state index contributed by atoms with van der Waals surface area (Å²) in [6.45, 7) is 5.50. The quantitative estimate of drug-likeness (QED) is 0.380. The van der Waals surface area contributed by atoms with Crippen LogP contribution in [0.2, 0.25) is 5.02 Å². The first-order valence-corrected chi connectivity index (χ1v) is 12.0. The molecule has 0 spiro atoms. The van der Waals surface area contributed by atoms with Crippen LogP contribution in [-0.4, -0.2) is 69.9 Å². The predicted octanol–water partition coefficient (Wildman–Crippen LogP) is 3.56. The maximum Gasteiger partial charge on any atom is 0.138 e. The highest BCUT2D eigenvalue weighted by atomic mass is 35.5. The van der Waals surface area contributed by atoms with Gasteiger partial charge in [-0.3, -0.25) is 9.80 Å². The lowest BCUT2D eigenvalue weighted by Crippen LogP contribution is -2.61. The van der Waals surface area contributed by atoms with Crippen LogP contribution < -0.4 is 5.73 Å². The third-order valence-corrected chi connectivity index (χ3v) is 7.27. The molecule has 8 nitrogen and oxygen atoms in total. The Labute approximate surface area is 209 Å². The molecule has 9 heteroatoms. The fourth-order valence-electron chi connectivity index (χ4n) is 5.14. The average molecular weight is 493 g/mol. The molecule has 35 heavy (non-hydrogen) atoms. The van der Waals surface area contributed by atoms with Crippen LogP contribution in [0.4, 0.5) is 5.82 Å². The van der Waals surface area contributed by atoms with E-state index in [0.29, 0.717) is 25.5 Å². The van der Waals surface area contributed by atoms with Crippen LogP contribution in [0.15, 0.2) is 42.7 Å². The number of aldehydes is 1. The zero-order valence-electron chi connectivity index (χ0n) is 19.9. The Morgan fingerprint density at radius 3 is 2.77 bits per heavy atom. The number of carbonyl (C=O) groups is 1. The van der Waals surface area contributed by atoms with E-state index in [1.807, 2.05) is 36.4 Å². The molecule has 0 radical (unpaired) electrons. The first kappa shape index (κ1) is 23.7. The maximum absolute atomic E-state index is 12.4. The van der Waals surface area contributed by atoms with Crippen LogP contribution >= 0.6 is 11.6 Å². The molecule has 0 saturated carbocycles. The number of halogens is 1. The van der Waals surface area contributed by atoms with Gasteiger partial charge in [-0.05, 0) is 48.4 Å². The standard InChI is InChI=1S/C26H29ClN6O2/c1-16-20-10-18(27)4-6-21(20)31-23(16)12-33-8-7-32(24(13-34)25(33)14-35-2)11-17-3-5-19-22(9-17)29-15-30-26(19)28/h3-6,9-10,13,15,24-25,31H,7-8,11-12,14H2,1-2H3,(H2,28,29,30)/t24?,25-/m1/s1. The van der Waals surface area contributed by atoms with Gasteiger partial charge in [-0.15, -0.1) is 0 Å². The summed E-state index contributed by atoms with van der Waals surface area (Å²) in [6.07, 6.45) is 2.53. The highest BCUT2D eigenvalue weighted by Crippen LogP contribution is 2.28. The van der Waals surface area contributed by atoms with Crippen molar-refractivity contribution in [3.8, 4) is 0 Å². The highest BCUT2D eigenvalue weighted by Gasteiger charge is 2.37. The fraction of sp³-hybridized carbons (Fsp3) is 0.346. The Morgan fingerprint density at radius 2 is 1.97 bits per heavy atom. The lowest BCUT2D eigenvalue weighted by atomic mass is 10.0.